The Morgan fingerprint density at radius 2 is 1.71 bits per heavy atom. The van der Waals surface area contributed by atoms with Crippen molar-refractivity contribution in [2.45, 2.75) is 70.7 Å². The van der Waals surface area contributed by atoms with Crippen LogP contribution in [0.5, 0.6) is 0 Å². The van der Waals surface area contributed by atoms with E-state index in [1.54, 1.807) is 0 Å². The summed E-state index contributed by atoms with van der Waals surface area (Å²) in [5, 5.41) is 0. The van der Waals surface area contributed by atoms with Gasteiger partial charge in [-0.1, -0.05) is 13.8 Å². The smallest absolute Gasteiger partial charge is 0.101 e. The molecule has 0 saturated carbocycles. The van der Waals surface area contributed by atoms with E-state index >= 15 is 0 Å². The first-order valence-electron chi connectivity index (χ1n) is 5.52. The Hall–Kier alpha value is 0.110. The predicted molar refractivity (Wildman–Crippen MR) is 62.5 cm³/mol. The molecule has 1 aliphatic heterocycles. The molecule has 1 rings (SSSR count). The molecule has 1 saturated heterocycles. The summed E-state index contributed by atoms with van der Waals surface area (Å²) in [5.41, 5.74) is 0.220. The van der Waals surface area contributed by atoms with Crippen LogP contribution in [0.2, 0.25) is 0 Å². The maximum atomic E-state index is 12.2. The van der Waals surface area contributed by atoms with Crippen LogP contribution in [0.15, 0.2) is 0 Å². The van der Waals surface area contributed by atoms with Crippen LogP contribution in [0.1, 0.15) is 54.4 Å². The Balaban J connectivity index is 2.80. The number of hydrogen-bond donors (Lipinski definition) is 0. The molecule has 0 N–H and O–H groups in total. The average Bonchev–Trinajstić information content (AvgIpc) is 2.68. The lowest BCUT2D eigenvalue weighted by molar-refractivity contribution is 0.489. The summed E-state index contributed by atoms with van der Waals surface area (Å²) >= 11 is 0. The first-order valence-corrected chi connectivity index (χ1v) is 6.63. The van der Waals surface area contributed by atoms with Crippen molar-refractivity contribution in [3.05, 3.63) is 0 Å². The van der Waals surface area contributed by atoms with Gasteiger partial charge in [0.2, 0.25) is 0 Å². The fourth-order valence-corrected chi connectivity index (χ4v) is 4.02. The van der Waals surface area contributed by atoms with Gasteiger partial charge in [0.15, 0.2) is 0 Å². The zero-order valence-corrected chi connectivity index (χ0v) is 11.1. The van der Waals surface area contributed by atoms with Crippen molar-refractivity contribution < 1.29 is 4.21 Å². The van der Waals surface area contributed by atoms with Crippen molar-refractivity contribution >= 4 is 11.0 Å². The van der Waals surface area contributed by atoms with Gasteiger partial charge in [0, 0.05) is 11.6 Å². The molecular weight excluding hydrogens is 194 g/mol. The minimum atomic E-state index is -0.844. The molecule has 14 heavy (non-hydrogen) atoms. The number of hydrogen-bond acceptors (Lipinski definition) is 1. The Kier molecular flexibility index (Phi) is 3.13. The Labute approximate surface area is 90.7 Å². The lowest BCUT2D eigenvalue weighted by Crippen LogP contribution is -2.31. The van der Waals surface area contributed by atoms with Crippen molar-refractivity contribution in [1.82, 2.24) is 4.31 Å². The van der Waals surface area contributed by atoms with Crippen LogP contribution in [0.3, 0.4) is 0 Å². The molecular formula is C11H23NOS. The van der Waals surface area contributed by atoms with Crippen LogP contribution >= 0.6 is 0 Å². The molecule has 3 heteroatoms. The molecule has 0 aromatic carbocycles. The second-order valence-corrected chi connectivity index (χ2v) is 7.29. The molecule has 1 fully saturated rings. The van der Waals surface area contributed by atoms with Crippen molar-refractivity contribution in [3.63, 3.8) is 0 Å². The topological polar surface area (TPSA) is 20.1 Å². The Morgan fingerprint density at radius 1 is 1.29 bits per heavy atom. The zero-order valence-electron chi connectivity index (χ0n) is 10.3. The first kappa shape index (κ1) is 12.2. The van der Waals surface area contributed by atoms with Gasteiger partial charge in [0.25, 0.3) is 0 Å². The summed E-state index contributed by atoms with van der Waals surface area (Å²) in [4.78, 5) is 0. The van der Waals surface area contributed by atoms with E-state index in [2.05, 4.69) is 25.1 Å². The van der Waals surface area contributed by atoms with Gasteiger partial charge in [-0.05, 0) is 40.5 Å². The quantitative estimate of drug-likeness (QED) is 0.666. The van der Waals surface area contributed by atoms with Crippen LogP contribution in [0.4, 0.5) is 0 Å². The average molecular weight is 217 g/mol. The fourth-order valence-electron chi connectivity index (χ4n) is 2.26. The van der Waals surface area contributed by atoms with E-state index in [9.17, 15) is 4.21 Å². The van der Waals surface area contributed by atoms with Gasteiger partial charge in [0.05, 0.1) is 4.75 Å². The van der Waals surface area contributed by atoms with E-state index in [1.165, 1.54) is 0 Å². The van der Waals surface area contributed by atoms with Gasteiger partial charge in [-0.3, -0.25) is 0 Å². The normalized spacial score (nSPS) is 32.7. The summed E-state index contributed by atoms with van der Waals surface area (Å²) < 4.78 is 14.3. The lowest BCUT2D eigenvalue weighted by Gasteiger charge is -2.21. The largest absolute Gasteiger partial charge is 0.242 e. The fraction of sp³-hybridized carbons (Fsp3) is 1.00. The monoisotopic (exact) mass is 217 g/mol. The second-order valence-electron chi connectivity index (χ2n) is 5.17. The highest BCUT2D eigenvalue weighted by atomic mass is 32.2. The third-order valence-corrected chi connectivity index (χ3v) is 5.51. The molecule has 0 bridgehead atoms. The van der Waals surface area contributed by atoms with Crippen molar-refractivity contribution in [2.24, 2.45) is 0 Å². The molecule has 0 aromatic heterocycles. The highest BCUT2D eigenvalue weighted by molar-refractivity contribution is 7.84. The summed E-state index contributed by atoms with van der Waals surface area (Å²) in [7, 11) is -0.844. The molecule has 2 nitrogen and oxygen atoms in total. The summed E-state index contributed by atoms with van der Waals surface area (Å²) in [6.07, 6.45) is 2.21. The van der Waals surface area contributed by atoms with Gasteiger partial charge < -0.3 is 0 Å². The van der Waals surface area contributed by atoms with Gasteiger partial charge in [-0.15, -0.1) is 0 Å². The van der Waals surface area contributed by atoms with Gasteiger partial charge in [0.1, 0.15) is 11.0 Å². The summed E-state index contributed by atoms with van der Waals surface area (Å²) in [5.74, 6) is 0. The van der Waals surface area contributed by atoms with Gasteiger partial charge >= 0.3 is 0 Å². The van der Waals surface area contributed by atoms with Crippen molar-refractivity contribution in [3.8, 4) is 0 Å². The molecule has 0 aliphatic carbocycles. The lowest BCUT2D eigenvalue weighted by atomic mass is 10.00. The van der Waals surface area contributed by atoms with Crippen LogP contribution in [0.25, 0.3) is 0 Å². The van der Waals surface area contributed by atoms with E-state index in [4.69, 9.17) is 0 Å². The molecule has 0 aromatic rings. The Bertz CT molecular complexity index is 240. The standard InChI is InChI=1S/C11H23NOS/c1-7-11(8-2)9(3)12(11)14(13)10(4,5)6/h9H,7-8H2,1-6H3/t9-,12?,14-/m1/s1. The molecule has 0 amide bonds. The minimum Gasteiger partial charge on any atom is -0.242 e. The van der Waals surface area contributed by atoms with Crippen LogP contribution in [-0.4, -0.2) is 24.8 Å². The van der Waals surface area contributed by atoms with Crippen LogP contribution in [-0.2, 0) is 11.0 Å². The molecule has 1 unspecified atom stereocenters. The first-order chi connectivity index (χ1) is 6.31. The molecule has 3 atom stereocenters. The minimum absolute atomic E-state index is 0.125. The third kappa shape index (κ3) is 1.65. The maximum Gasteiger partial charge on any atom is 0.101 e. The maximum absolute atomic E-state index is 12.2. The summed E-state index contributed by atoms with van der Waals surface area (Å²) in [6, 6.07) is 0.484. The van der Waals surface area contributed by atoms with E-state index in [0.717, 1.165) is 12.8 Å². The van der Waals surface area contributed by atoms with E-state index < -0.39 is 11.0 Å². The second kappa shape index (κ2) is 3.60. The zero-order chi connectivity index (χ0) is 11.1. The van der Waals surface area contributed by atoms with Gasteiger partial charge in [-0.25, -0.2) is 8.51 Å². The van der Waals surface area contributed by atoms with E-state index in [-0.39, 0.29) is 10.3 Å². The van der Waals surface area contributed by atoms with Crippen LogP contribution in [0, 0.1) is 0 Å². The van der Waals surface area contributed by atoms with E-state index in [1.807, 2.05) is 20.8 Å². The van der Waals surface area contributed by atoms with Crippen molar-refractivity contribution in [2.75, 3.05) is 0 Å². The predicted octanol–water partition coefficient (Wildman–Crippen LogP) is 2.71. The third-order valence-electron chi connectivity index (χ3n) is 3.43. The molecule has 0 spiro atoms. The van der Waals surface area contributed by atoms with Crippen LogP contribution < -0.4 is 0 Å². The van der Waals surface area contributed by atoms with Crippen molar-refractivity contribution in [1.29, 1.82) is 0 Å². The van der Waals surface area contributed by atoms with E-state index in [0.29, 0.717) is 6.04 Å². The molecule has 84 valence electrons. The number of nitrogens with zero attached hydrogens (tertiary/aromatic N) is 1. The van der Waals surface area contributed by atoms with Gasteiger partial charge in [-0.2, -0.15) is 0 Å². The highest BCUT2D eigenvalue weighted by Crippen LogP contribution is 2.49. The highest BCUT2D eigenvalue weighted by Gasteiger charge is 2.61. The summed E-state index contributed by atoms with van der Waals surface area (Å²) in [6.45, 7) is 12.7. The number of rotatable bonds is 3. The molecule has 0 radical (unpaired) electrons. The Morgan fingerprint density at radius 3 is 1.93 bits per heavy atom. The SMILES string of the molecule is CCC1(CC)[C@@H](C)N1[S@](=O)C(C)(C)C. The molecule has 1 heterocycles. The molecule has 1 aliphatic rings.